The van der Waals surface area contributed by atoms with Gasteiger partial charge in [0.15, 0.2) is 0 Å². The maximum atomic E-state index is 5.99. The van der Waals surface area contributed by atoms with Gasteiger partial charge in [0.1, 0.15) is 5.69 Å². The summed E-state index contributed by atoms with van der Waals surface area (Å²) >= 11 is 5.99. The molecule has 0 aliphatic rings. The SMILES string of the molecule is Cc1n[nH]nc1-c1c[nH]c(Cc2cccc(Cl)c2)c1. The van der Waals surface area contributed by atoms with Crippen molar-refractivity contribution in [3.8, 4) is 11.3 Å². The van der Waals surface area contributed by atoms with E-state index in [2.05, 4.69) is 32.5 Å². The minimum atomic E-state index is 0.761. The van der Waals surface area contributed by atoms with Crippen molar-refractivity contribution in [1.82, 2.24) is 20.4 Å². The predicted octanol–water partition coefficient (Wildman–Crippen LogP) is 3.35. The van der Waals surface area contributed by atoms with Crippen LogP contribution in [0.5, 0.6) is 0 Å². The van der Waals surface area contributed by atoms with Crippen molar-refractivity contribution >= 4 is 11.6 Å². The van der Waals surface area contributed by atoms with E-state index in [1.807, 2.05) is 31.3 Å². The molecular weight excluding hydrogens is 260 g/mol. The van der Waals surface area contributed by atoms with E-state index in [0.29, 0.717) is 0 Å². The lowest BCUT2D eigenvalue weighted by Gasteiger charge is -1.99. The molecule has 0 atom stereocenters. The smallest absolute Gasteiger partial charge is 0.117 e. The molecule has 0 amide bonds. The lowest BCUT2D eigenvalue weighted by molar-refractivity contribution is 0.929. The number of halogens is 1. The standard InChI is InChI=1S/C14H13ClN4/c1-9-14(18-19-17-9)11-7-13(16-8-11)6-10-3-2-4-12(15)5-10/h2-5,7-8,16H,6H2,1H3,(H,17,18,19). The molecule has 0 radical (unpaired) electrons. The number of aromatic nitrogens is 4. The van der Waals surface area contributed by atoms with Crippen LogP contribution in [0.25, 0.3) is 11.3 Å². The van der Waals surface area contributed by atoms with Gasteiger partial charge in [-0.3, -0.25) is 0 Å². The van der Waals surface area contributed by atoms with Gasteiger partial charge in [-0.2, -0.15) is 15.4 Å². The molecule has 0 aliphatic carbocycles. The maximum Gasteiger partial charge on any atom is 0.117 e. The first-order chi connectivity index (χ1) is 9.22. The molecule has 0 unspecified atom stereocenters. The zero-order chi connectivity index (χ0) is 13.2. The van der Waals surface area contributed by atoms with Crippen molar-refractivity contribution in [1.29, 1.82) is 0 Å². The number of nitrogens with one attached hydrogen (secondary N) is 2. The van der Waals surface area contributed by atoms with Crippen molar-refractivity contribution in [2.45, 2.75) is 13.3 Å². The van der Waals surface area contributed by atoms with Crippen molar-refractivity contribution in [2.24, 2.45) is 0 Å². The molecule has 0 bridgehead atoms. The predicted molar refractivity (Wildman–Crippen MR) is 75.2 cm³/mol. The van der Waals surface area contributed by atoms with Crippen LogP contribution in [0.4, 0.5) is 0 Å². The fraction of sp³-hybridized carbons (Fsp3) is 0.143. The molecule has 0 aliphatic heterocycles. The molecule has 1 aromatic carbocycles. The lowest BCUT2D eigenvalue weighted by Crippen LogP contribution is -1.87. The number of nitrogens with zero attached hydrogens (tertiary/aromatic N) is 2. The normalized spacial score (nSPS) is 10.8. The average molecular weight is 273 g/mol. The lowest BCUT2D eigenvalue weighted by atomic mass is 10.1. The van der Waals surface area contributed by atoms with E-state index in [4.69, 9.17) is 11.6 Å². The van der Waals surface area contributed by atoms with Crippen LogP contribution in [0, 0.1) is 6.92 Å². The zero-order valence-electron chi connectivity index (χ0n) is 10.4. The van der Waals surface area contributed by atoms with Gasteiger partial charge in [0.05, 0.1) is 5.69 Å². The van der Waals surface area contributed by atoms with Gasteiger partial charge in [-0.1, -0.05) is 23.7 Å². The summed E-state index contributed by atoms with van der Waals surface area (Å²) in [4.78, 5) is 3.26. The molecule has 0 fully saturated rings. The summed E-state index contributed by atoms with van der Waals surface area (Å²) < 4.78 is 0. The second-order valence-corrected chi connectivity index (χ2v) is 4.91. The number of hydrogen-bond acceptors (Lipinski definition) is 2. The highest BCUT2D eigenvalue weighted by Crippen LogP contribution is 2.21. The Morgan fingerprint density at radius 2 is 2.11 bits per heavy atom. The molecule has 4 nitrogen and oxygen atoms in total. The number of benzene rings is 1. The molecule has 3 rings (SSSR count). The van der Waals surface area contributed by atoms with Gasteiger partial charge in [-0.15, -0.1) is 0 Å². The molecule has 3 aromatic rings. The van der Waals surface area contributed by atoms with Gasteiger partial charge in [0, 0.05) is 28.9 Å². The average Bonchev–Trinajstić information content (AvgIpc) is 2.98. The third kappa shape index (κ3) is 2.53. The highest BCUT2D eigenvalue weighted by atomic mass is 35.5. The molecule has 0 saturated carbocycles. The quantitative estimate of drug-likeness (QED) is 0.768. The fourth-order valence-corrected chi connectivity index (χ4v) is 2.32. The van der Waals surface area contributed by atoms with E-state index in [1.165, 1.54) is 5.56 Å². The van der Waals surface area contributed by atoms with Crippen LogP contribution in [-0.2, 0) is 6.42 Å². The number of hydrogen-bond donors (Lipinski definition) is 2. The number of rotatable bonds is 3. The van der Waals surface area contributed by atoms with Gasteiger partial charge < -0.3 is 4.98 Å². The summed E-state index contributed by atoms with van der Waals surface area (Å²) in [6.07, 6.45) is 2.77. The van der Waals surface area contributed by atoms with Crippen molar-refractivity contribution in [2.75, 3.05) is 0 Å². The van der Waals surface area contributed by atoms with Crippen LogP contribution < -0.4 is 0 Å². The second-order valence-electron chi connectivity index (χ2n) is 4.48. The zero-order valence-corrected chi connectivity index (χ0v) is 11.2. The fourth-order valence-electron chi connectivity index (χ4n) is 2.10. The molecule has 96 valence electrons. The van der Waals surface area contributed by atoms with Crippen LogP contribution in [0.2, 0.25) is 5.02 Å². The van der Waals surface area contributed by atoms with Gasteiger partial charge >= 0.3 is 0 Å². The Balaban J connectivity index is 1.84. The minimum Gasteiger partial charge on any atom is -0.364 e. The van der Waals surface area contributed by atoms with E-state index in [-0.39, 0.29) is 0 Å². The highest BCUT2D eigenvalue weighted by Gasteiger charge is 2.08. The molecule has 2 aromatic heterocycles. The molecule has 5 heteroatoms. The van der Waals surface area contributed by atoms with Gasteiger partial charge in [0.2, 0.25) is 0 Å². The van der Waals surface area contributed by atoms with Crippen molar-refractivity contribution in [3.05, 3.63) is 58.5 Å². The number of aryl methyl sites for hydroxylation is 1. The Morgan fingerprint density at radius 3 is 2.84 bits per heavy atom. The third-order valence-electron chi connectivity index (χ3n) is 3.02. The van der Waals surface area contributed by atoms with Crippen LogP contribution in [0.1, 0.15) is 17.0 Å². The van der Waals surface area contributed by atoms with E-state index < -0.39 is 0 Å². The van der Waals surface area contributed by atoms with Gasteiger partial charge in [0.25, 0.3) is 0 Å². The summed E-state index contributed by atoms with van der Waals surface area (Å²) in [5.41, 5.74) is 5.13. The Kier molecular flexibility index (Phi) is 3.09. The van der Waals surface area contributed by atoms with E-state index in [9.17, 15) is 0 Å². The number of H-pyrrole nitrogens is 2. The highest BCUT2D eigenvalue weighted by molar-refractivity contribution is 6.30. The van der Waals surface area contributed by atoms with Crippen LogP contribution in [0.3, 0.4) is 0 Å². The summed E-state index contributed by atoms with van der Waals surface area (Å²) in [6, 6.07) is 9.97. The molecule has 0 saturated heterocycles. The van der Waals surface area contributed by atoms with Gasteiger partial charge in [-0.05, 0) is 30.7 Å². The van der Waals surface area contributed by atoms with Crippen LogP contribution >= 0.6 is 11.6 Å². The Morgan fingerprint density at radius 1 is 1.21 bits per heavy atom. The maximum absolute atomic E-state index is 5.99. The first-order valence-corrected chi connectivity index (χ1v) is 6.39. The molecule has 2 heterocycles. The molecule has 0 spiro atoms. The van der Waals surface area contributed by atoms with Gasteiger partial charge in [-0.25, -0.2) is 0 Å². The Bertz CT molecular complexity index is 699. The van der Waals surface area contributed by atoms with E-state index in [0.717, 1.165) is 34.1 Å². The molecule has 2 N–H and O–H groups in total. The first-order valence-electron chi connectivity index (χ1n) is 6.02. The van der Waals surface area contributed by atoms with E-state index >= 15 is 0 Å². The van der Waals surface area contributed by atoms with Crippen molar-refractivity contribution in [3.63, 3.8) is 0 Å². The Hall–Kier alpha value is -2.07. The Labute approximate surface area is 115 Å². The summed E-state index contributed by atoms with van der Waals surface area (Å²) in [7, 11) is 0. The van der Waals surface area contributed by atoms with Crippen LogP contribution in [-0.4, -0.2) is 20.4 Å². The first kappa shape index (κ1) is 12.0. The van der Waals surface area contributed by atoms with Crippen molar-refractivity contribution < 1.29 is 0 Å². The summed E-state index contributed by atoms with van der Waals surface area (Å²) in [5.74, 6) is 0. The molecular formula is C14H13ClN4. The monoisotopic (exact) mass is 272 g/mol. The van der Waals surface area contributed by atoms with E-state index in [1.54, 1.807) is 0 Å². The second kappa shape index (κ2) is 4.90. The topological polar surface area (TPSA) is 57.4 Å². The number of aromatic amines is 2. The van der Waals surface area contributed by atoms with Crippen LogP contribution in [0.15, 0.2) is 36.5 Å². The third-order valence-corrected chi connectivity index (χ3v) is 3.26. The summed E-state index contributed by atoms with van der Waals surface area (Å²) in [6.45, 7) is 1.93. The summed E-state index contributed by atoms with van der Waals surface area (Å²) in [5, 5.41) is 11.6. The minimum absolute atomic E-state index is 0.761. The largest absolute Gasteiger partial charge is 0.364 e. The molecule has 19 heavy (non-hydrogen) atoms.